The molecule has 0 bridgehead atoms. The van der Waals surface area contributed by atoms with Crippen LogP contribution in [-0.2, 0) is 18.3 Å². The molecule has 0 aliphatic heterocycles. The number of amides is 1. The first kappa shape index (κ1) is 24.0. The van der Waals surface area contributed by atoms with Crippen molar-refractivity contribution >= 4 is 56.9 Å². The number of nitrogens with one attached hydrogen (secondary N) is 1. The van der Waals surface area contributed by atoms with Gasteiger partial charge in [-0.15, -0.1) is 12.4 Å². The number of hydrogen-bond donors (Lipinski definition) is 1. The number of nitrogens with zero attached hydrogens (tertiary/aromatic N) is 3. The molecule has 3 aromatic rings. The summed E-state index contributed by atoms with van der Waals surface area (Å²) in [4.78, 5) is 19.3. The van der Waals surface area contributed by atoms with Crippen LogP contribution in [-0.4, -0.2) is 40.6 Å². The summed E-state index contributed by atoms with van der Waals surface area (Å²) in [6, 6.07) is 9.88. The number of likely N-dealkylation sites (N-methyl/N-ethyl adjacent to an activating group) is 1. The van der Waals surface area contributed by atoms with Crippen LogP contribution in [0.15, 0.2) is 34.8 Å². The summed E-state index contributed by atoms with van der Waals surface area (Å²) in [5.74, 6) is 1.57. The molecule has 0 radical (unpaired) electrons. The second kappa shape index (κ2) is 10.2. The average Bonchev–Trinajstić information content (AvgIpc) is 3.01. The lowest BCUT2D eigenvalue weighted by Gasteiger charge is -2.19. The zero-order valence-corrected chi connectivity index (χ0v) is 20.4. The number of halogens is 2. The first-order valence-corrected chi connectivity index (χ1v) is 10.5. The molecule has 162 valence electrons. The van der Waals surface area contributed by atoms with Crippen LogP contribution in [0.25, 0.3) is 11.0 Å². The van der Waals surface area contributed by atoms with Gasteiger partial charge < -0.3 is 19.5 Å². The molecule has 1 N–H and O–H groups in total. The van der Waals surface area contributed by atoms with E-state index in [0.717, 1.165) is 38.1 Å². The monoisotopic (exact) mass is 494 g/mol. The number of anilines is 2. The molecule has 30 heavy (non-hydrogen) atoms. The van der Waals surface area contributed by atoms with Crippen LogP contribution in [0.5, 0.6) is 5.75 Å². The van der Waals surface area contributed by atoms with E-state index in [4.69, 9.17) is 9.72 Å². The Kier molecular flexibility index (Phi) is 8.15. The van der Waals surface area contributed by atoms with Gasteiger partial charge in [-0.2, -0.15) is 0 Å². The molecule has 2 aromatic carbocycles. The number of aromatic nitrogens is 2. The number of para-hydroxylation sites is 1. The summed E-state index contributed by atoms with van der Waals surface area (Å²) >= 11 is 3.51. The number of hydrogen-bond acceptors (Lipinski definition) is 4. The van der Waals surface area contributed by atoms with Crippen LogP contribution in [0.1, 0.15) is 25.0 Å². The Morgan fingerprint density at radius 3 is 2.60 bits per heavy atom. The van der Waals surface area contributed by atoms with E-state index in [1.807, 2.05) is 67.6 Å². The van der Waals surface area contributed by atoms with Gasteiger partial charge in [0.15, 0.2) is 0 Å². The fourth-order valence-electron chi connectivity index (χ4n) is 3.60. The maximum Gasteiger partial charge on any atom is 0.227 e. The lowest BCUT2D eigenvalue weighted by Crippen LogP contribution is -2.31. The Morgan fingerprint density at radius 2 is 1.97 bits per heavy atom. The standard InChI is InChI=1S/C22H27BrN4O2.ClH/c1-6-27(7-2)19(28)12-15-9-8-10-17-21(15)26(4)22(24-17)25-20-14(3)11-16(23)13-18(20)29-5;/h8-11,13H,6-7,12H2,1-5H3,(H,24,25);1H. The van der Waals surface area contributed by atoms with E-state index in [1.165, 1.54) is 0 Å². The Morgan fingerprint density at radius 1 is 1.27 bits per heavy atom. The molecule has 0 aliphatic carbocycles. The summed E-state index contributed by atoms with van der Waals surface area (Å²) in [5, 5.41) is 3.41. The Bertz CT molecular complexity index is 1050. The molecule has 6 nitrogen and oxygen atoms in total. The number of carbonyl (C=O) groups is 1. The fraction of sp³-hybridized carbons (Fsp3) is 0.364. The molecule has 1 aromatic heterocycles. The maximum absolute atomic E-state index is 12.6. The van der Waals surface area contributed by atoms with E-state index in [1.54, 1.807) is 7.11 Å². The SMILES string of the molecule is CCN(CC)C(=O)Cc1cccc2nc(Nc3c(C)cc(Br)cc3OC)n(C)c12.Cl. The Hall–Kier alpha value is -2.25. The van der Waals surface area contributed by atoms with E-state index >= 15 is 0 Å². The third kappa shape index (κ3) is 4.73. The van der Waals surface area contributed by atoms with Gasteiger partial charge in [-0.3, -0.25) is 4.79 Å². The molecule has 0 fully saturated rings. The molecule has 0 saturated carbocycles. The highest BCUT2D eigenvalue weighted by atomic mass is 79.9. The highest BCUT2D eigenvalue weighted by Gasteiger charge is 2.18. The topological polar surface area (TPSA) is 59.4 Å². The first-order valence-electron chi connectivity index (χ1n) is 9.72. The van der Waals surface area contributed by atoms with Gasteiger partial charge in [-0.05, 0) is 50.1 Å². The van der Waals surface area contributed by atoms with E-state index in [-0.39, 0.29) is 18.3 Å². The van der Waals surface area contributed by atoms with Gasteiger partial charge in [0, 0.05) is 24.6 Å². The van der Waals surface area contributed by atoms with Crippen molar-refractivity contribution in [3.63, 3.8) is 0 Å². The third-order valence-electron chi connectivity index (χ3n) is 5.16. The van der Waals surface area contributed by atoms with Gasteiger partial charge in [0.25, 0.3) is 0 Å². The van der Waals surface area contributed by atoms with Crippen LogP contribution >= 0.6 is 28.3 Å². The molecule has 3 rings (SSSR count). The van der Waals surface area contributed by atoms with Gasteiger partial charge in [0.1, 0.15) is 5.75 Å². The second-order valence-corrected chi connectivity index (χ2v) is 7.86. The number of benzene rings is 2. The molecule has 0 saturated heterocycles. The summed E-state index contributed by atoms with van der Waals surface area (Å²) < 4.78 is 8.50. The van der Waals surface area contributed by atoms with Crippen LogP contribution in [0.4, 0.5) is 11.6 Å². The van der Waals surface area contributed by atoms with Gasteiger partial charge >= 0.3 is 0 Å². The average molecular weight is 496 g/mol. The Labute approximate surface area is 192 Å². The smallest absolute Gasteiger partial charge is 0.227 e. The van der Waals surface area contributed by atoms with Crippen LogP contribution in [0, 0.1) is 6.92 Å². The van der Waals surface area contributed by atoms with Crippen LogP contribution in [0.2, 0.25) is 0 Å². The highest BCUT2D eigenvalue weighted by molar-refractivity contribution is 9.10. The van der Waals surface area contributed by atoms with Gasteiger partial charge in [-0.25, -0.2) is 4.98 Å². The molecule has 0 atom stereocenters. The number of fused-ring (bicyclic) bond motifs is 1. The molecule has 0 unspecified atom stereocenters. The summed E-state index contributed by atoms with van der Waals surface area (Å²) in [5.41, 5.74) is 4.70. The molecule has 8 heteroatoms. The number of carbonyl (C=O) groups excluding carboxylic acids is 1. The largest absolute Gasteiger partial charge is 0.495 e. The summed E-state index contributed by atoms with van der Waals surface area (Å²) in [6.07, 6.45) is 0.360. The summed E-state index contributed by atoms with van der Waals surface area (Å²) in [6.45, 7) is 7.45. The predicted octanol–water partition coefficient (Wildman–Crippen LogP) is 5.23. The predicted molar refractivity (Wildman–Crippen MR) is 128 cm³/mol. The number of aryl methyl sites for hydroxylation is 2. The normalized spacial score (nSPS) is 10.6. The molecular weight excluding hydrogens is 468 g/mol. The first-order chi connectivity index (χ1) is 13.9. The number of rotatable bonds is 7. The van der Waals surface area contributed by atoms with Crippen molar-refractivity contribution in [1.82, 2.24) is 14.5 Å². The fourth-order valence-corrected chi connectivity index (χ4v) is 4.15. The molecule has 0 spiro atoms. The lowest BCUT2D eigenvalue weighted by atomic mass is 10.1. The number of imidazole rings is 1. The van der Waals surface area contributed by atoms with Gasteiger partial charge in [0.2, 0.25) is 11.9 Å². The Balaban J connectivity index is 0.00000320. The minimum absolute atomic E-state index is 0. The summed E-state index contributed by atoms with van der Waals surface area (Å²) in [7, 11) is 3.61. The molecular formula is C22H28BrClN4O2. The van der Waals surface area contributed by atoms with Crippen molar-refractivity contribution in [1.29, 1.82) is 0 Å². The van der Waals surface area contributed by atoms with E-state index < -0.39 is 0 Å². The van der Waals surface area contributed by atoms with E-state index in [9.17, 15) is 4.79 Å². The van der Waals surface area contributed by atoms with Crippen LogP contribution < -0.4 is 10.1 Å². The van der Waals surface area contributed by atoms with Gasteiger partial charge in [-0.1, -0.05) is 28.1 Å². The number of methoxy groups -OCH3 is 1. The molecule has 1 heterocycles. The number of ether oxygens (including phenoxy) is 1. The molecule has 0 aliphatic rings. The van der Waals surface area contributed by atoms with E-state index in [2.05, 4.69) is 21.2 Å². The van der Waals surface area contributed by atoms with Crippen molar-refractivity contribution in [2.45, 2.75) is 27.2 Å². The molecule has 1 amide bonds. The minimum Gasteiger partial charge on any atom is -0.495 e. The quantitative estimate of drug-likeness (QED) is 0.488. The van der Waals surface area contributed by atoms with Crippen LogP contribution in [0.3, 0.4) is 0 Å². The van der Waals surface area contributed by atoms with Gasteiger partial charge in [0.05, 0.1) is 30.3 Å². The zero-order chi connectivity index (χ0) is 21.1. The second-order valence-electron chi connectivity index (χ2n) is 6.95. The lowest BCUT2D eigenvalue weighted by molar-refractivity contribution is -0.130. The minimum atomic E-state index is 0. The van der Waals surface area contributed by atoms with Crippen molar-refractivity contribution in [2.24, 2.45) is 7.05 Å². The highest BCUT2D eigenvalue weighted by Crippen LogP contribution is 2.35. The van der Waals surface area contributed by atoms with E-state index in [0.29, 0.717) is 25.5 Å². The van der Waals surface area contributed by atoms with Crippen molar-refractivity contribution in [2.75, 3.05) is 25.5 Å². The van der Waals surface area contributed by atoms with Crippen molar-refractivity contribution in [3.05, 3.63) is 45.9 Å². The van der Waals surface area contributed by atoms with Crippen molar-refractivity contribution < 1.29 is 9.53 Å². The maximum atomic E-state index is 12.6. The third-order valence-corrected chi connectivity index (χ3v) is 5.61. The van der Waals surface area contributed by atoms with Crippen molar-refractivity contribution in [3.8, 4) is 5.75 Å². The zero-order valence-electron chi connectivity index (χ0n) is 18.0.